The maximum absolute atomic E-state index is 5.76. The number of pyridine rings is 1. The number of rotatable bonds is 0. The number of aromatic nitrogens is 1. The largest absolute Gasteiger partial charge is 0.397 e. The lowest BCUT2D eigenvalue weighted by atomic mass is 10.1. The maximum Gasteiger partial charge on any atom is 0.0580 e. The molecule has 60 valence electrons. The second kappa shape index (κ2) is 2.48. The third kappa shape index (κ3) is 0.925. The van der Waals surface area contributed by atoms with Crippen molar-refractivity contribution in [1.29, 1.82) is 0 Å². The molecule has 1 heterocycles. The molecule has 0 spiro atoms. The average molecular weight is 158 g/mol. The molecule has 2 nitrogen and oxygen atoms in total. The zero-order valence-electron chi connectivity index (χ0n) is 6.91. The molecule has 0 saturated carbocycles. The Hall–Kier alpha value is -1.57. The number of benzene rings is 1. The first-order chi connectivity index (χ1) is 5.79. The van der Waals surface area contributed by atoms with Crippen molar-refractivity contribution in [2.24, 2.45) is 0 Å². The van der Waals surface area contributed by atoms with Gasteiger partial charge in [0.2, 0.25) is 0 Å². The minimum atomic E-state index is 0.746. The molecule has 2 heteroatoms. The van der Waals surface area contributed by atoms with Gasteiger partial charge in [0.15, 0.2) is 0 Å². The Morgan fingerprint density at radius 1 is 1.17 bits per heavy atom. The number of nitrogen functional groups attached to an aromatic ring is 1. The van der Waals surface area contributed by atoms with Crippen molar-refractivity contribution in [1.82, 2.24) is 4.98 Å². The van der Waals surface area contributed by atoms with Crippen LogP contribution in [-0.2, 0) is 0 Å². The first-order valence-corrected chi connectivity index (χ1v) is 3.88. The van der Waals surface area contributed by atoms with E-state index in [-0.39, 0.29) is 0 Å². The lowest BCUT2D eigenvalue weighted by Gasteiger charge is -2.02. The van der Waals surface area contributed by atoms with Crippen molar-refractivity contribution in [2.75, 3.05) is 5.73 Å². The van der Waals surface area contributed by atoms with Gasteiger partial charge in [0.25, 0.3) is 0 Å². The van der Waals surface area contributed by atoms with Crippen LogP contribution in [0.3, 0.4) is 0 Å². The van der Waals surface area contributed by atoms with Gasteiger partial charge in [0.1, 0.15) is 0 Å². The Morgan fingerprint density at radius 3 is 2.75 bits per heavy atom. The van der Waals surface area contributed by atoms with Crippen LogP contribution in [0.2, 0.25) is 0 Å². The smallest absolute Gasteiger partial charge is 0.0580 e. The third-order valence-corrected chi connectivity index (χ3v) is 2.05. The van der Waals surface area contributed by atoms with Gasteiger partial charge in [-0.05, 0) is 12.5 Å². The van der Waals surface area contributed by atoms with Crippen molar-refractivity contribution in [3.05, 3.63) is 36.2 Å². The van der Waals surface area contributed by atoms with E-state index in [1.54, 1.807) is 6.20 Å². The molecule has 1 aromatic carbocycles. The topological polar surface area (TPSA) is 38.9 Å². The number of nitrogens with two attached hydrogens (primary N) is 1. The highest BCUT2D eigenvalue weighted by atomic mass is 14.7. The van der Waals surface area contributed by atoms with Crippen LogP contribution in [0, 0.1) is 6.92 Å². The molecule has 0 fully saturated rings. The molecule has 0 radical (unpaired) electrons. The molecule has 12 heavy (non-hydrogen) atoms. The molecule has 0 unspecified atom stereocenters. The fourth-order valence-corrected chi connectivity index (χ4v) is 1.37. The Balaban J connectivity index is 2.94. The molecular formula is C10H10N2. The number of fused-ring (bicyclic) bond motifs is 1. The normalized spacial score (nSPS) is 10.4. The Kier molecular flexibility index (Phi) is 1.47. The number of aryl methyl sites for hydroxylation is 1. The molecule has 2 N–H and O–H groups in total. The summed E-state index contributed by atoms with van der Waals surface area (Å²) in [4.78, 5) is 4.05. The fraction of sp³-hybridized carbons (Fsp3) is 0.100. The highest BCUT2D eigenvalue weighted by Crippen LogP contribution is 2.21. The molecule has 0 atom stereocenters. The summed E-state index contributed by atoms with van der Waals surface area (Å²) in [5.74, 6) is 0. The van der Waals surface area contributed by atoms with Crippen molar-refractivity contribution in [3.63, 3.8) is 0 Å². The minimum Gasteiger partial charge on any atom is -0.397 e. The predicted octanol–water partition coefficient (Wildman–Crippen LogP) is 2.13. The zero-order chi connectivity index (χ0) is 8.55. The van der Waals surface area contributed by atoms with E-state index in [0.717, 1.165) is 16.5 Å². The summed E-state index contributed by atoms with van der Waals surface area (Å²) in [6.07, 6.45) is 3.53. The van der Waals surface area contributed by atoms with Gasteiger partial charge in [-0.1, -0.05) is 18.2 Å². The lowest BCUT2D eigenvalue weighted by molar-refractivity contribution is 1.35. The van der Waals surface area contributed by atoms with Gasteiger partial charge in [-0.25, -0.2) is 0 Å². The van der Waals surface area contributed by atoms with Gasteiger partial charge in [0.05, 0.1) is 11.9 Å². The predicted molar refractivity (Wildman–Crippen MR) is 50.9 cm³/mol. The van der Waals surface area contributed by atoms with Crippen LogP contribution in [0.1, 0.15) is 5.56 Å². The Bertz CT molecular complexity index is 380. The quantitative estimate of drug-likeness (QED) is 0.637. The van der Waals surface area contributed by atoms with E-state index in [1.807, 2.05) is 18.3 Å². The molecule has 0 aliphatic carbocycles. The summed E-state index contributed by atoms with van der Waals surface area (Å²) in [5.41, 5.74) is 7.72. The van der Waals surface area contributed by atoms with Crippen molar-refractivity contribution >= 4 is 16.5 Å². The molecular weight excluding hydrogens is 148 g/mol. The third-order valence-electron chi connectivity index (χ3n) is 2.05. The standard InChI is InChI=1S/C10H10N2/c1-7-3-2-4-8-9(7)5-12-6-10(8)11/h2-6H,11H2,1H3. The van der Waals surface area contributed by atoms with Crippen LogP contribution in [0.4, 0.5) is 5.69 Å². The average Bonchev–Trinajstić information content (AvgIpc) is 2.07. The summed E-state index contributed by atoms with van der Waals surface area (Å²) in [7, 11) is 0. The summed E-state index contributed by atoms with van der Waals surface area (Å²) in [6, 6.07) is 6.08. The second-order valence-corrected chi connectivity index (χ2v) is 2.90. The zero-order valence-corrected chi connectivity index (χ0v) is 6.91. The first kappa shape index (κ1) is 7.10. The highest BCUT2D eigenvalue weighted by Gasteiger charge is 1.98. The number of hydrogen-bond donors (Lipinski definition) is 1. The lowest BCUT2D eigenvalue weighted by Crippen LogP contribution is -1.89. The SMILES string of the molecule is Cc1cccc2c(N)cncc12. The van der Waals surface area contributed by atoms with Gasteiger partial charge in [0, 0.05) is 17.0 Å². The van der Waals surface area contributed by atoms with Crippen molar-refractivity contribution in [2.45, 2.75) is 6.92 Å². The van der Waals surface area contributed by atoms with Crippen LogP contribution < -0.4 is 5.73 Å². The summed E-state index contributed by atoms with van der Waals surface area (Å²) >= 11 is 0. The van der Waals surface area contributed by atoms with Gasteiger partial charge >= 0.3 is 0 Å². The van der Waals surface area contributed by atoms with E-state index in [4.69, 9.17) is 5.73 Å². The van der Waals surface area contributed by atoms with Crippen LogP contribution in [-0.4, -0.2) is 4.98 Å². The van der Waals surface area contributed by atoms with Crippen LogP contribution in [0.15, 0.2) is 30.6 Å². The summed E-state index contributed by atoms with van der Waals surface area (Å²) in [5, 5.41) is 2.22. The van der Waals surface area contributed by atoms with Crippen LogP contribution >= 0.6 is 0 Å². The second-order valence-electron chi connectivity index (χ2n) is 2.90. The Labute approximate surface area is 71.0 Å². The summed E-state index contributed by atoms with van der Waals surface area (Å²) in [6.45, 7) is 2.06. The van der Waals surface area contributed by atoms with Crippen LogP contribution in [0.25, 0.3) is 10.8 Å². The molecule has 1 aromatic heterocycles. The molecule has 0 aliphatic rings. The van der Waals surface area contributed by atoms with E-state index < -0.39 is 0 Å². The van der Waals surface area contributed by atoms with Gasteiger partial charge in [-0.3, -0.25) is 4.98 Å². The highest BCUT2D eigenvalue weighted by molar-refractivity contribution is 5.93. The number of anilines is 1. The van der Waals surface area contributed by atoms with Crippen molar-refractivity contribution in [3.8, 4) is 0 Å². The molecule has 2 rings (SSSR count). The Morgan fingerprint density at radius 2 is 2.00 bits per heavy atom. The first-order valence-electron chi connectivity index (χ1n) is 3.88. The molecule has 0 bridgehead atoms. The summed E-state index contributed by atoms with van der Waals surface area (Å²) < 4.78 is 0. The molecule has 0 aliphatic heterocycles. The van der Waals surface area contributed by atoms with E-state index in [1.165, 1.54) is 5.56 Å². The van der Waals surface area contributed by atoms with E-state index >= 15 is 0 Å². The maximum atomic E-state index is 5.76. The van der Waals surface area contributed by atoms with Crippen LogP contribution in [0.5, 0.6) is 0 Å². The molecule has 0 saturated heterocycles. The van der Waals surface area contributed by atoms with E-state index in [9.17, 15) is 0 Å². The molecule has 0 amide bonds. The van der Waals surface area contributed by atoms with Gasteiger partial charge in [-0.2, -0.15) is 0 Å². The van der Waals surface area contributed by atoms with E-state index in [2.05, 4.69) is 18.0 Å². The monoisotopic (exact) mass is 158 g/mol. The van der Waals surface area contributed by atoms with Gasteiger partial charge < -0.3 is 5.73 Å². The minimum absolute atomic E-state index is 0.746. The molecule has 2 aromatic rings. The van der Waals surface area contributed by atoms with Gasteiger partial charge in [-0.15, -0.1) is 0 Å². The number of hydrogen-bond acceptors (Lipinski definition) is 2. The van der Waals surface area contributed by atoms with E-state index in [0.29, 0.717) is 0 Å². The fourth-order valence-electron chi connectivity index (χ4n) is 1.37. The van der Waals surface area contributed by atoms with Crippen molar-refractivity contribution < 1.29 is 0 Å². The number of nitrogens with zero attached hydrogens (tertiary/aromatic N) is 1.